The Bertz CT molecular complexity index is 149. The molecule has 0 rings (SSSR count). The van der Waals surface area contributed by atoms with Crippen LogP contribution in [-0.2, 0) is 0 Å². The van der Waals surface area contributed by atoms with Crippen molar-refractivity contribution in [3.05, 3.63) is 0 Å². The first-order chi connectivity index (χ1) is 6.34. The van der Waals surface area contributed by atoms with E-state index in [-0.39, 0.29) is 0 Å². The summed E-state index contributed by atoms with van der Waals surface area (Å²) in [6.07, 6.45) is 1.21. The van der Waals surface area contributed by atoms with Gasteiger partial charge in [0.15, 0.2) is 0 Å². The molecule has 14 heavy (non-hydrogen) atoms. The van der Waals surface area contributed by atoms with Gasteiger partial charge in [0.25, 0.3) is 0 Å². The minimum atomic E-state index is 0.357. The summed E-state index contributed by atoms with van der Waals surface area (Å²) in [4.78, 5) is 2.50. The number of nitrogens with one attached hydrogen (secondary N) is 1. The number of likely N-dealkylation sites (N-methyl/N-ethyl adjacent to an activating group) is 2. The minimum absolute atomic E-state index is 0.357. The number of hydrogen-bond donors (Lipinski definition) is 1. The summed E-state index contributed by atoms with van der Waals surface area (Å²) in [7, 11) is 4.26. The quantitative estimate of drug-likeness (QED) is 0.733. The van der Waals surface area contributed by atoms with Crippen LogP contribution in [0.3, 0.4) is 0 Å². The van der Waals surface area contributed by atoms with Crippen molar-refractivity contribution in [2.24, 2.45) is 5.41 Å². The molecule has 0 radical (unpaired) electrons. The maximum absolute atomic E-state index is 3.26. The van der Waals surface area contributed by atoms with Crippen molar-refractivity contribution >= 4 is 0 Å². The Balaban J connectivity index is 4.33. The highest BCUT2D eigenvalue weighted by Crippen LogP contribution is 2.24. The molecule has 0 saturated heterocycles. The maximum atomic E-state index is 3.26. The van der Waals surface area contributed by atoms with Gasteiger partial charge in [0.1, 0.15) is 0 Å². The van der Waals surface area contributed by atoms with Crippen LogP contribution in [0.4, 0.5) is 0 Å². The SMILES string of the molecule is CCC(CNC)N(C)C(C)C(C)(C)C. The second-order valence-corrected chi connectivity index (χ2v) is 5.33. The summed E-state index contributed by atoms with van der Waals surface area (Å²) >= 11 is 0. The lowest BCUT2D eigenvalue weighted by Gasteiger charge is -2.40. The molecule has 0 aliphatic heterocycles. The van der Waals surface area contributed by atoms with Gasteiger partial charge < -0.3 is 5.32 Å². The van der Waals surface area contributed by atoms with E-state index in [2.05, 4.69) is 51.9 Å². The second-order valence-electron chi connectivity index (χ2n) is 5.33. The maximum Gasteiger partial charge on any atom is 0.0217 e. The van der Waals surface area contributed by atoms with Gasteiger partial charge in [-0.3, -0.25) is 4.90 Å². The molecule has 0 bridgehead atoms. The zero-order chi connectivity index (χ0) is 11.4. The predicted octanol–water partition coefficient (Wildman–Crippen LogP) is 2.35. The Morgan fingerprint density at radius 1 is 1.29 bits per heavy atom. The third-order valence-electron chi connectivity index (χ3n) is 3.35. The van der Waals surface area contributed by atoms with Gasteiger partial charge in [-0.1, -0.05) is 27.7 Å². The van der Waals surface area contributed by atoms with Crippen molar-refractivity contribution in [1.29, 1.82) is 0 Å². The lowest BCUT2D eigenvalue weighted by molar-refractivity contribution is 0.0950. The van der Waals surface area contributed by atoms with Gasteiger partial charge in [0.2, 0.25) is 0 Å². The Labute approximate surface area is 90.1 Å². The monoisotopic (exact) mass is 200 g/mol. The van der Waals surface area contributed by atoms with Crippen LogP contribution >= 0.6 is 0 Å². The Hall–Kier alpha value is -0.0800. The molecule has 0 aromatic carbocycles. The first kappa shape index (κ1) is 13.9. The zero-order valence-corrected chi connectivity index (χ0v) is 11.0. The van der Waals surface area contributed by atoms with Gasteiger partial charge in [-0.2, -0.15) is 0 Å². The van der Waals surface area contributed by atoms with Crippen molar-refractivity contribution in [2.75, 3.05) is 20.6 Å². The van der Waals surface area contributed by atoms with E-state index in [0.29, 0.717) is 17.5 Å². The summed E-state index contributed by atoms with van der Waals surface area (Å²) in [5, 5.41) is 3.26. The first-order valence-corrected chi connectivity index (χ1v) is 5.71. The fourth-order valence-corrected chi connectivity index (χ4v) is 1.74. The van der Waals surface area contributed by atoms with Crippen molar-refractivity contribution in [3.8, 4) is 0 Å². The number of hydrogen-bond acceptors (Lipinski definition) is 2. The van der Waals surface area contributed by atoms with Crippen LogP contribution in [0.25, 0.3) is 0 Å². The van der Waals surface area contributed by atoms with Gasteiger partial charge in [-0.05, 0) is 32.9 Å². The van der Waals surface area contributed by atoms with Gasteiger partial charge in [-0.15, -0.1) is 0 Å². The van der Waals surface area contributed by atoms with Gasteiger partial charge in [0, 0.05) is 18.6 Å². The van der Waals surface area contributed by atoms with Gasteiger partial charge >= 0.3 is 0 Å². The lowest BCUT2D eigenvalue weighted by Crippen LogP contribution is -2.48. The molecular weight excluding hydrogens is 172 g/mol. The van der Waals surface area contributed by atoms with Crippen molar-refractivity contribution in [3.63, 3.8) is 0 Å². The van der Waals surface area contributed by atoms with E-state index in [1.54, 1.807) is 0 Å². The van der Waals surface area contributed by atoms with E-state index in [9.17, 15) is 0 Å². The molecule has 0 aliphatic rings. The molecule has 0 heterocycles. The third-order valence-corrected chi connectivity index (χ3v) is 3.35. The van der Waals surface area contributed by atoms with E-state index >= 15 is 0 Å². The highest BCUT2D eigenvalue weighted by Gasteiger charge is 2.27. The summed E-state index contributed by atoms with van der Waals surface area (Å²) in [6, 6.07) is 1.26. The van der Waals surface area contributed by atoms with Crippen LogP contribution in [0.1, 0.15) is 41.0 Å². The largest absolute Gasteiger partial charge is 0.318 e. The molecule has 2 unspecified atom stereocenters. The molecule has 0 aliphatic carbocycles. The lowest BCUT2D eigenvalue weighted by atomic mass is 9.86. The van der Waals surface area contributed by atoms with Crippen LogP contribution < -0.4 is 5.32 Å². The molecule has 2 atom stereocenters. The van der Waals surface area contributed by atoms with Crippen LogP contribution in [-0.4, -0.2) is 37.6 Å². The molecule has 86 valence electrons. The molecule has 2 nitrogen and oxygen atoms in total. The molecule has 0 aromatic heterocycles. The topological polar surface area (TPSA) is 15.3 Å². The molecule has 0 saturated carbocycles. The molecule has 0 aromatic rings. The summed E-state index contributed by atoms with van der Waals surface area (Å²) in [5.41, 5.74) is 0.357. The predicted molar refractivity (Wildman–Crippen MR) is 64.7 cm³/mol. The molecule has 0 fully saturated rings. The fraction of sp³-hybridized carbons (Fsp3) is 1.00. The normalized spacial score (nSPS) is 17.1. The van der Waals surface area contributed by atoms with E-state index in [1.165, 1.54) is 6.42 Å². The molecule has 2 heteroatoms. The average Bonchev–Trinajstić information content (AvgIpc) is 2.10. The van der Waals surface area contributed by atoms with Crippen molar-refractivity contribution < 1.29 is 0 Å². The third kappa shape index (κ3) is 3.97. The summed E-state index contributed by atoms with van der Waals surface area (Å²) in [5.74, 6) is 0. The van der Waals surface area contributed by atoms with Crippen LogP contribution in [0.5, 0.6) is 0 Å². The Morgan fingerprint density at radius 3 is 2.07 bits per heavy atom. The highest BCUT2D eigenvalue weighted by atomic mass is 15.2. The summed E-state index contributed by atoms with van der Waals surface area (Å²) < 4.78 is 0. The molecule has 0 spiro atoms. The smallest absolute Gasteiger partial charge is 0.0217 e. The van der Waals surface area contributed by atoms with E-state index in [1.807, 2.05) is 7.05 Å². The van der Waals surface area contributed by atoms with Crippen LogP contribution in [0.15, 0.2) is 0 Å². The average molecular weight is 200 g/mol. The van der Waals surface area contributed by atoms with E-state index in [0.717, 1.165) is 6.54 Å². The molecule has 1 N–H and O–H groups in total. The second kappa shape index (κ2) is 5.72. The van der Waals surface area contributed by atoms with E-state index < -0.39 is 0 Å². The van der Waals surface area contributed by atoms with Gasteiger partial charge in [-0.25, -0.2) is 0 Å². The van der Waals surface area contributed by atoms with Crippen LogP contribution in [0.2, 0.25) is 0 Å². The standard InChI is InChI=1S/C12H28N2/c1-8-11(9-13-6)14(7)10(2)12(3,4)5/h10-11,13H,8-9H2,1-7H3. The fourth-order valence-electron chi connectivity index (χ4n) is 1.74. The number of rotatable bonds is 5. The highest BCUT2D eigenvalue weighted by molar-refractivity contribution is 4.82. The van der Waals surface area contributed by atoms with Crippen LogP contribution in [0, 0.1) is 5.41 Å². The minimum Gasteiger partial charge on any atom is -0.318 e. The van der Waals surface area contributed by atoms with Gasteiger partial charge in [0.05, 0.1) is 0 Å². The Kier molecular flexibility index (Phi) is 5.68. The van der Waals surface area contributed by atoms with Crippen molar-refractivity contribution in [1.82, 2.24) is 10.2 Å². The first-order valence-electron chi connectivity index (χ1n) is 5.71. The molecular formula is C12H28N2. The van der Waals surface area contributed by atoms with Crippen molar-refractivity contribution in [2.45, 2.75) is 53.1 Å². The number of nitrogens with zero attached hydrogens (tertiary/aromatic N) is 1. The summed E-state index contributed by atoms with van der Waals surface area (Å²) in [6.45, 7) is 12.6. The molecule has 0 amide bonds. The van der Waals surface area contributed by atoms with E-state index in [4.69, 9.17) is 0 Å². The zero-order valence-electron chi connectivity index (χ0n) is 11.0. The Morgan fingerprint density at radius 2 is 1.79 bits per heavy atom.